The van der Waals surface area contributed by atoms with Gasteiger partial charge in [-0.25, -0.2) is 0 Å². The standard InChI is InChI=1S/C32H53FO2/c1-22(2)8-7-9-23(3)27-13-14-28-26-12-11-24-20-25(35-30-10-5-6-19-34-30)15-18-32(24,21-33)29(26)16-17-31(27,28)4/h11,22-23,25-30H,5-10,12-21H2,1-4H3/t23-,25+,26+,27-,28+,29+,30?,31-,32-/m1/s1/i33-1. The maximum absolute atomic E-state index is 15.1. The highest BCUT2D eigenvalue weighted by Crippen LogP contribution is 2.67. The van der Waals surface area contributed by atoms with Crippen molar-refractivity contribution in [2.75, 3.05) is 13.3 Å². The third-order valence-electron chi connectivity index (χ3n) is 11.7. The molecule has 35 heavy (non-hydrogen) atoms. The molecule has 0 aromatic carbocycles. The van der Waals surface area contributed by atoms with Crippen LogP contribution in [0.15, 0.2) is 11.6 Å². The van der Waals surface area contributed by atoms with Gasteiger partial charge in [-0.1, -0.05) is 58.6 Å². The van der Waals surface area contributed by atoms with Crippen LogP contribution in [0.4, 0.5) is 4.39 Å². The summed E-state index contributed by atoms with van der Waals surface area (Å²) in [4.78, 5) is 0. The number of ether oxygens (including phenoxy) is 2. The second-order valence-electron chi connectivity index (χ2n) is 14.0. The number of allylic oxidation sites excluding steroid dienone is 1. The van der Waals surface area contributed by atoms with E-state index in [4.69, 9.17) is 9.47 Å². The summed E-state index contributed by atoms with van der Waals surface area (Å²) in [6.45, 7) is 10.6. The number of fused-ring (bicyclic) bond motifs is 5. The molecule has 5 rings (SSSR count). The van der Waals surface area contributed by atoms with E-state index in [0.717, 1.165) is 62.4 Å². The highest BCUT2D eigenvalue weighted by atomic mass is 18.2. The number of rotatable bonds is 8. The summed E-state index contributed by atoms with van der Waals surface area (Å²) >= 11 is 0. The number of hydrogen-bond acceptors (Lipinski definition) is 2. The molecule has 1 unspecified atom stereocenters. The highest BCUT2D eigenvalue weighted by Gasteiger charge is 2.60. The van der Waals surface area contributed by atoms with Crippen LogP contribution in [0.2, 0.25) is 0 Å². The van der Waals surface area contributed by atoms with Crippen molar-refractivity contribution in [3.8, 4) is 0 Å². The van der Waals surface area contributed by atoms with E-state index in [2.05, 4.69) is 33.8 Å². The molecule has 3 heteroatoms. The molecule has 0 spiro atoms. The van der Waals surface area contributed by atoms with E-state index in [-0.39, 0.29) is 24.5 Å². The Bertz CT molecular complexity index is 742. The van der Waals surface area contributed by atoms with Crippen molar-refractivity contribution in [3.05, 3.63) is 11.6 Å². The lowest BCUT2D eigenvalue weighted by atomic mass is 9.46. The lowest BCUT2D eigenvalue weighted by molar-refractivity contribution is -0.196. The highest BCUT2D eigenvalue weighted by molar-refractivity contribution is 5.27. The predicted octanol–water partition coefficient (Wildman–Crippen LogP) is 8.89. The van der Waals surface area contributed by atoms with E-state index in [9.17, 15) is 0 Å². The van der Waals surface area contributed by atoms with Crippen molar-refractivity contribution in [2.24, 2.45) is 46.3 Å². The zero-order chi connectivity index (χ0) is 24.6. The van der Waals surface area contributed by atoms with Crippen molar-refractivity contribution >= 4 is 0 Å². The van der Waals surface area contributed by atoms with Gasteiger partial charge in [0.05, 0.1) is 12.8 Å². The number of halogens is 1. The molecule has 4 aliphatic carbocycles. The Morgan fingerprint density at radius 3 is 2.63 bits per heavy atom. The van der Waals surface area contributed by atoms with Crippen LogP contribution in [0.1, 0.15) is 118 Å². The van der Waals surface area contributed by atoms with Gasteiger partial charge in [0.25, 0.3) is 0 Å². The quantitative estimate of drug-likeness (QED) is 0.318. The zero-order valence-electron chi connectivity index (χ0n) is 23.2. The first kappa shape index (κ1) is 26.2. The van der Waals surface area contributed by atoms with Gasteiger partial charge in [0, 0.05) is 12.0 Å². The maximum Gasteiger partial charge on any atom is 0.157 e. The summed E-state index contributed by atoms with van der Waals surface area (Å²) in [5.41, 5.74) is 1.69. The van der Waals surface area contributed by atoms with Crippen LogP contribution in [-0.2, 0) is 9.47 Å². The molecule has 0 bridgehead atoms. The normalized spacial score (nSPS) is 44.3. The van der Waals surface area contributed by atoms with E-state index in [1.807, 2.05) is 0 Å². The van der Waals surface area contributed by atoms with Crippen molar-refractivity contribution in [3.63, 3.8) is 0 Å². The Morgan fingerprint density at radius 2 is 1.89 bits per heavy atom. The van der Waals surface area contributed by atoms with Crippen molar-refractivity contribution < 1.29 is 13.9 Å². The van der Waals surface area contributed by atoms with Crippen molar-refractivity contribution in [1.29, 1.82) is 0 Å². The molecule has 0 aromatic rings. The van der Waals surface area contributed by atoms with Crippen LogP contribution < -0.4 is 0 Å². The zero-order valence-corrected chi connectivity index (χ0v) is 23.2. The molecule has 4 fully saturated rings. The van der Waals surface area contributed by atoms with E-state index >= 15 is 4.39 Å². The molecule has 200 valence electrons. The molecule has 1 saturated heterocycles. The first-order chi connectivity index (χ1) is 16.9. The van der Waals surface area contributed by atoms with E-state index in [1.54, 1.807) is 0 Å². The largest absolute Gasteiger partial charge is 0.353 e. The maximum atomic E-state index is 15.1. The van der Waals surface area contributed by atoms with Gasteiger partial charge < -0.3 is 9.47 Å². The first-order valence-electron chi connectivity index (χ1n) is 15.4. The van der Waals surface area contributed by atoms with Gasteiger partial charge in [-0.15, -0.1) is 0 Å². The molecule has 0 amide bonds. The first-order valence-corrected chi connectivity index (χ1v) is 15.4. The lowest BCUT2D eigenvalue weighted by Gasteiger charge is -2.58. The Morgan fingerprint density at radius 1 is 1.03 bits per heavy atom. The molecule has 5 aliphatic rings. The summed E-state index contributed by atoms with van der Waals surface area (Å²) in [7, 11) is 0. The predicted molar refractivity (Wildman–Crippen MR) is 142 cm³/mol. The average Bonchev–Trinajstić information content (AvgIpc) is 3.21. The summed E-state index contributed by atoms with van der Waals surface area (Å²) < 4.78 is 27.4. The minimum absolute atomic E-state index is 0.0306. The Balaban J connectivity index is 1.27. The fourth-order valence-electron chi connectivity index (χ4n) is 9.85. The van der Waals surface area contributed by atoms with E-state index < -0.39 is 0 Å². The minimum Gasteiger partial charge on any atom is -0.353 e. The number of hydrogen-bond donors (Lipinski definition) is 0. The second-order valence-corrected chi connectivity index (χ2v) is 14.0. The topological polar surface area (TPSA) is 18.5 Å². The smallest absolute Gasteiger partial charge is 0.157 e. The average molecular weight is 488 g/mol. The van der Waals surface area contributed by atoms with Crippen LogP contribution in [0.5, 0.6) is 0 Å². The molecule has 0 N–H and O–H groups in total. The van der Waals surface area contributed by atoms with Crippen LogP contribution >= 0.6 is 0 Å². The van der Waals surface area contributed by atoms with Gasteiger partial charge in [0.2, 0.25) is 0 Å². The fourth-order valence-corrected chi connectivity index (χ4v) is 9.85. The Hall–Kier alpha value is -0.410. The van der Waals surface area contributed by atoms with Crippen LogP contribution in [0.25, 0.3) is 0 Å². The van der Waals surface area contributed by atoms with Gasteiger partial charge in [-0.05, 0) is 112 Å². The van der Waals surface area contributed by atoms with Gasteiger partial charge in [0.1, 0.15) is 0 Å². The molecule has 2 nitrogen and oxygen atoms in total. The Kier molecular flexibility index (Phi) is 8.05. The van der Waals surface area contributed by atoms with Crippen LogP contribution in [0.3, 0.4) is 0 Å². The van der Waals surface area contributed by atoms with E-state index in [1.165, 1.54) is 63.4 Å². The van der Waals surface area contributed by atoms with Crippen molar-refractivity contribution in [2.45, 2.75) is 130 Å². The third kappa shape index (κ3) is 4.91. The summed E-state index contributed by atoms with van der Waals surface area (Å²) in [6, 6.07) is 0. The van der Waals surface area contributed by atoms with Gasteiger partial charge in [-0.3, -0.25) is 4.39 Å². The monoisotopic (exact) mass is 487 g/mol. The molecule has 1 heterocycles. The van der Waals surface area contributed by atoms with E-state index in [0.29, 0.717) is 17.3 Å². The Labute approximate surface area is 215 Å². The minimum atomic E-state index is -0.196. The van der Waals surface area contributed by atoms with Gasteiger partial charge in [-0.2, -0.15) is 0 Å². The fraction of sp³-hybridized carbons (Fsp3) is 0.938. The third-order valence-corrected chi connectivity index (χ3v) is 11.7. The van der Waals surface area contributed by atoms with Crippen LogP contribution in [0, 0.1) is 46.3 Å². The number of alkyl halides is 1. The van der Waals surface area contributed by atoms with Crippen LogP contribution in [-0.4, -0.2) is 25.7 Å². The molecule has 9 atom stereocenters. The SMILES string of the molecule is CC(C)CCC[C@@H](C)[C@H]1CC[C@H]2[C@@H]3CC=C4C[C@@H](OC5CCCCO5)CC[C@]4(C[18F])[C@H]3CC[C@]12C. The summed E-state index contributed by atoms with van der Waals surface area (Å²) in [5.74, 6) is 4.56. The molecular formula is C32H53FO2. The summed E-state index contributed by atoms with van der Waals surface area (Å²) in [5, 5.41) is 0. The molecule has 3 saturated carbocycles. The molecule has 0 aromatic heterocycles. The summed E-state index contributed by atoms with van der Waals surface area (Å²) in [6.07, 6.45) is 19.7. The molecule has 1 aliphatic heterocycles. The van der Waals surface area contributed by atoms with Gasteiger partial charge >= 0.3 is 0 Å². The molecular weight excluding hydrogens is 434 g/mol. The second kappa shape index (κ2) is 10.8. The van der Waals surface area contributed by atoms with Crippen molar-refractivity contribution in [1.82, 2.24) is 0 Å². The lowest BCUT2D eigenvalue weighted by Crippen LogP contribution is -2.53. The molecule has 0 radical (unpaired) electrons. The van der Waals surface area contributed by atoms with Gasteiger partial charge in [0.15, 0.2) is 6.29 Å².